The van der Waals surface area contributed by atoms with E-state index in [0.717, 1.165) is 60.9 Å². The molecule has 3 aromatic heterocycles. The van der Waals surface area contributed by atoms with E-state index in [0.29, 0.717) is 0 Å². The number of fused-ring (bicyclic) bond motifs is 11. The highest BCUT2D eigenvalue weighted by Gasteiger charge is 2.22. The number of anilines is 3. The van der Waals surface area contributed by atoms with Crippen LogP contribution in [0, 0.1) is 0 Å². The highest BCUT2D eigenvalue weighted by molar-refractivity contribution is 7.26. The molecule has 0 N–H and O–H groups in total. The first-order valence-corrected chi connectivity index (χ1v) is 15.6. The van der Waals surface area contributed by atoms with E-state index in [4.69, 9.17) is 8.83 Å². The summed E-state index contributed by atoms with van der Waals surface area (Å²) in [5.74, 6) is 0. The third-order valence-corrected chi connectivity index (χ3v) is 10.0. The molecule has 10 aromatic rings. The third kappa shape index (κ3) is 3.37. The molecule has 0 unspecified atom stereocenters. The van der Waals surface area contributed by atoms with Crippen LogP contribution in [0.1, 0.15) is 0 Å². The Labute approximate surface area is 255 Å². The van der Waals surface area contributed by atoms with Crippen molar-refractivity contribution < 1.29 is 8.83 Å². The fraction of sp³-hybridized carbons (Fsp3) is 0. The molecule has 0 aliphatic rings. The van der Waals surface area contributed by atoms with E-state index in [1.165, 1.54) is 30.9 Å². The number of hydrogen-bond acceptors (Lipinski definition) is 4. The van der Waals surface area contributed by atoms with Crippen LogP contribution >= 0.6 is 11.3 Å². The Balaban J connectivity index is 1.29. The Morgan fingerprint density at radius 2 is 1.14 bits per heavy atom. The van der Waals surface area contributed by atoms with Crippen LogP contribution in [0.15, 0.2) is 148 Å². The van der Waals surface area contributed by atoms with Gasteiger partial charge in [0.05, 0.1) is 11.1 Å². The second kappa shape index (κ2) is 8.96. The van der Waals surface area contributed by atoms with Gasteiger partial charge < -0.3 is 13.7 Å². The number of thiophene rings is 1. The monoisotopic (exact) mass is 581 g/mol. The zero-order valence-electron chi connectivity index (χ0n) is 23.5. The Morgan fingerprint density at radius 3 is 2.05 bits per heavy atom. The van der Waals surface area contributed by atoms with E-state index in [1.54, 1.807) is 0 Å². The zero-order valence-corrected chi connectivity index (χ0v) is 24.3. The van der Waals surface area contributed by atoms with Crippen molar-refractivity contribution in [3.8, 4) is 0 Å². The molecule has 0 amide bonds. The van der Waals surface area contributed by atoms with Crippen molar-refractivity contribution in [1.29, 1.82) is 0 Å². The van der Waals surface area contributed by atoms with E-state index in [9.17, 15) is 0 Å². The second-order valence-electron chi connectivity index (χ2n) is 11.3. The maximum absolute atomic E-state index is 6.57. The van der Waals surface area contributed by atoms with Gasteiger partial charge in [0.2, 0.25) is 0 Å². The molecule has 206 valence electrons. The first-order valence-electron chi connectivity index (χ1n) is 14.8. The molecule has 0 fully saturated rings. The number of hydrogen-bond donors (Lipinski definition) is 0. The van der Waals surface area contributed by atoms with E-state index < -0.39 is 0 Å². The molecule has 4 heteroatoms. The molecule has 44 heavy (non-hydrogen) atoms. The maximum atomic E-state index is 6.57. The van der Waals surface area contributed by atoms with E-state index in [2.05, 4.69) is 132 Å². The van der Waals surface area contributed by atoms with Crippen molar-refractivity contribution in [3.05, 3.63) is 140 Å². The molecule has 0 saturated carbocycles. The van der Waals surface area contributed by atoms with Gasteiger partial charge in [-0.05, 0) is 77.5 Å². The Hall–Kier alpha value is -5.58. The van der Waals surface area contributed by atoms with Crippen LogP contribution in [0.5, 0.6) is 0 Å². The second-order valence-corrected chi connectivity index (χ2v) is 12.4. The van der Waals surface area contributed by atoms with Crippen molar-refractivity contribution in [3.63, 3.8) is 0 Å². The molecular formula is C40H23NO2S. The molecule has 10 rings (SSSR count). The normalized spacial score (nSPS) is 12.1. The van der Waals surface area contributed by atoms with Gasteiger partial charge in [0.25, 0.3) is 0 Å². The largest absolute Gasteiger partial charge is 0.456 e. The molecule has 0 aliphatic carbocycles. The number of para-hydroxylation sites is 2. The zero-order chi connectivity index (χ0) is 28.8. The summed E-state index contributed by atoms with van der Waals surface area (Å²) >= 11 is 1.85. The van der Waals surface area contributed by atoms with Gasteiger partial charge in [0, 0.05) is 53.8 Å². The lowest BCUT2D eigenvalue weighted by Gasteiger charge is -2.26. The third-order valence-electron chi connectivity index (χ3n) is 8.82. The Bertz CT molecular complexity index is 2730. The highest BCUT2D eigenvalue weighted by Crippen LogP contribution is 2.48. The molecule has 0 atom stereocenters. The minimum absolute atomic E-state index is 0.868. The van der Waals surface area contributed by atoms with Gasteiger partial charge in [0.15, 0.2) is 0 Å². The van der Waals surface area contributed by atoms with Gasteiger partial charge in [0.1, 0.15) is 22.3 Å². The summed E-state index contributed by atoms with van der Waals surface area (Å²) in [5.41, 5.74) is 6.70. The maximum Gasteiger partial charge on any atom is 0.137 e. The van der Waals surface area contributed by atoms with Crippen LogP contribution in [0.3, 0.4) is 0 Å². The summed E-state index contributed by atoms with van der Waals surface area (Å²) < 4.78 is 15.4. The first-order chi connectivity index (χ1) is 21.8. The summed E-state index contributed by atoms with van der Waals surface area (Å²) in [6, 6.07) is 49.3. The van der Waals surface area contributed by atoms with Gasteiger partial charge in [-0.2, -0.15) is 0 Å². The van der Waals surface area contributed by atoms with Crippen LogP contribution in [0.25, 0.3) is 74.8 Å². The Kier molecular flexibility index (Phi) is 4.87. The first kappa shape index (κ1) is 23.9. The van der Waals surface area contributed by atoms with E-state index in [-0.39, 0.29) is 0 Å². The lowest BCUT2D eigenvalue weighted by molar-refractivity contribution is 0.669. The lowest BCUT2D eigenvalue weighted by atomic mass is 10.0. The average molecular weight is 582 g/mol. The average Bonchev–Trinajstić information content (AvgIpc) is 3.75. The number of furan rings is 2. The smallest absolute Gasteiger partial charge is 0.137 e. The van der Waals surface area contributed by atoms with Gasteiger partial charge >= 0.3 is 0 Å². The minimum Gasteiger partial charge on any atom is -0.456 e. The van der Waals surface area contributed by atoms with Crippen LogP contribution in [-0.2, 0) is 0 Å². The predicted molar refractivity (Wildman–Crippen MR) is 186 cm³/mol. The van der Waals surface area contributed by atoms with Crippen molar-refractivity contribution in [2.24, 2.45) is 0 Å². The molecule has 0 spiro atoms. The fourth-order valence-corrected chi connectivity index (χ4v) is 8.12. The molecule has 0 radical (unpaired) electrons. The number of nitrogens with zero attached hydrogens (tertiary/aromatic N) is 1. The number of benzene rings is 7. The van der Waals surface area contributed by atoms with Crippen LogP contribution in [0.2, 0.25) is 0 Å². The predicted octanol–water partition coefficient (Wildman–Crippen LogP) is 12.5. The van der Waals surface area contributed by atoms with Crippen LogP contribution < -0.4 is 4.90 Å². The summed E-state index contributed by atoms with van der Waals surface area (Å²) in [7, 11) is 0. The highest BCUT2D eigenvalue weighted by atomic mass is 32.1. The standard InChI is InChI=1S/C40H23NO2S/c1-2-11-26(12-3-1)41(27-17-18-29-28-13-6-7-15-33(28)42-36(29)23-27)32-14-8-16-34-38(32)39-35(43-34)20-19-30-31-21-24-9-4-5-10-25(24)22-37(31)44-40(30)39/h1-23H. The van der Waals surface area contributed by atoms with Crippen molar-refractivity contribution in [2.45, 2.75) is 0 Å². The number of rotatable bonds is 3. The minimum atomic E-state index is 0.868. The molecular weight excluding hydrogens is 559 g/mol. The molecule has 3 heterocycles. The summed E-state index contributed by atoms with van der Waals surface area (Å²) in [4.78, 5) is 2.32. The van der Waals surface area contributed by atoms with E-state index in [1.807, 2.05) is 23.5 Å². The fourth-order valence-electron chi connectivity index (χ4n) is 6.85. The molecule has 0 saturated heterocycles. The quantitative estimate of drug-likeness (QED) is 0.208. The van der Waals surface area contributed by atoms with E-state index >= 15 is 0 Å². The van der Waals surface area contributed by atoms with Gasteiger partial charge in [-0.25, -0.2) is 0 Å². The summed E-state index contributed by atoms with van der Waals surface area (Å²) in [6.45, 7) is 0. The van der Waals surface area contributed by atoms with Gasteiger partial charge in [-0.15, -0.1) is 11.3 Å². The summed E-state index contributed by atoms with van der Waals surface area (Å²) in [5, 5.41) is 9.57. The Morgan fingerprint density at radius 1 is 0.432 bits per heavy atom. The molecule has 7 aromatic carbocycles. The van der Waals surface area contributed by atoms with Gasteiger partial charge in [-0.3, -0.25) is 0 Å². The SMILES string of the molecule is c1ccc(N(c2ccc3c(c2)oc2ccccc23)c2cccc3oc4ccc5c6cc7ccccc7cc6sc5c4c23)cc1. The van der Waals surface area contributed by atoms with Crippen molar-refractivity contribution >= 4 is 103 Å². The molecule has 3 nitrogen and oxygen atoms in total. The van der Waals surface area contributed by atoms with Gasteiger partial charge in [-0.1, -0.05) is 66.7 Å². The van der Waals surface area contributed by atoms with Crippen LogP contribution in [0.4, 0.5) is 17.1 Å². The van der Waals surface area contributed by atoms with Crippen molar-refractivity contribution in [2.75, 3.05) is 4.90 Å². The van der Waals surface area contributed by atoms with Crippen molar-refractivity contribution in [1.82, 2.24) is 0 Å². The molecule has 0 aliphatic heterocycles. The lowest BCUT2D eigenvalue weighted by Crippen LogP contribution is -2.10. The van der Waals surface area contributed by atoms with Crippen LogP contribution in [-0.4, -0.2) is 0 Å². The molecule has 0 bridgehead atoms. The topological polar surface area (TPSA) is 29.5 Å². The summed E-state index contributed by atoms with van der Waals surface area (Å²) in [6.07, 6.45) is 0.